The number of likely N-dealkylation sites (tertiary alicyclic amines) is 1. The third kappa shape index (κ3) is 3.80. The SMILES string of the molecule is CCNCc1cc(CN2CCC(COC)C2)on1. The third-order valence-electron chi connectivity index (χ3n) is 3.32. The summed E-state index contributed by atoms with van der Waals surface area (Å²) in [7, 11) is 1.77. The first kappa shape index (κ1) is 13.5. The maximum atomic E-state index is 5.36. The van der Waals surface area contributed by atoms with Gasteiger partial charge >= 0.3 is 0 Å². The quantitative estimate of drug-likeness (QED) is 0.792. The summed E-state index contributed by atoms with van der Waals surface area (Å²) in [5, 5.41) is 7.30. The zero-order valence-electron chi connectivity index (χ0n) is 11.3. The van der Waals surface area contributed by atoms with E-state index in [1.807, 2.05) is 6.07 Å². The molecular weight excluding hydrogens is 230 g/mol. The van der Waals surface area contributed by atoms with E-state index in [-0.39, 0.29) is 0 Å². The molecule has 0 saturated carbocycles. The zero-order valence-corrected chi connectivity index (χ0v) is 11.3. The molecule has 0 aromatic carbocycles. The van der Waals surface area contributed by atoms with E-state index in [1.165, 1.54) is 6.42 Å². The van der Waals surface area contributed by atoms with Gasteiger partial charge in [-0.25, -0.2) is 0 Å². The summed E-state index contributed by atoms with van der Waals surface area (Å²) < 4.78 is 10.6. The monoisotopic (exact) mass is 253 g/mol. The predicted molar refractivity (Wildman–Crippen MR) is 69.1 cm³/mol. The fraction of sp³-hybridized carbons (Fsp3) is 0.769. The first-order valence-corrected chi connectivity index (χ1v) is 6.68. The van der Waals surface area contributed by atoms with Gasteiger partial charge in [-0.3, -0.25) is 4.90 Å². The predicted octanol–water partition coefficient (Wildman–Crippen LogP) is 1.25. The Kier molecular flexibility index (Phi) is 5.16. The molecule has 0 spiro atoms. The van der Waals surface area contributed by atoms with E-state index >= 15 is 0 Å². The standard InChI is InChI=1S/C13H23N3O2/c1-3-14-7-12-6-13(18-15-12)9-16-5-4-11(8-16)10-17-2/h6,11,14H,3-5,7-10H2,1-2H3. The molecule has 1 aliphatic rings. The smallest absolute Gasteiger partial charge is 0.151 e. The lowest BCUT2D eigenvalue weighted by Crippen LogP contribution is -2.21. The van der Waals surface area contributed by atoms with Gasteiger partial charge < -0.3 is 14.6 Å². The zero-order chi connectivity index (χ0) is 12.8. The number of methoxy groups -OCH3 is 1. The first-order chi connectivity index (χ1) is 8.81. The van der Waals surface area contributed by atoms with Crippen LogP contribution >= 0.6 is 0 Å². The Morgan fingerprint density at radius 3 is 3.28 bits per heavy atom. The van der Waals surface area contributed by atoms with Crippen molar-refractivity contribution in [2.75, 3.05) is 33.4 Å². The molecule has 1 fully saturated rings. The summed E-state index contributed by atoms with van der Waals surface area (Å²) in [6.07, 6.45) is 1.21. The van der Waals surface area contributed by atoms with Gasteiger partial charge in [-0.05, 0) is 25.4 Å². The molecule has 0 aliphatic carbocycles. The van der Waals surface area contributed by atoms with Gasteiger partial charge in [0.2, 0.25) is 0 Å². The fourth-order valence-electron chi connectivity index (χ4n) is 2.42. The molecule has 0 amide bonds. The summed E-state index contributed by atoms with van der Waals surface area (Å²) >= 11 is 0. The average Bonchev–Trinajstić information content (AvgIpc) is 2.98. The maximum absolute atomic E-state index is 5.36. The number of hydrogen-bond donors (Lipinski definition) is 1. The molecule has 1 aromatic rings. The van der Waals surface area contributed by atoms with Crippen LogP contribution in [0.5, 0.6) is 0 Å². The van der Waals surface area contributed by atoms with Crippen LogP contribution in [0.3, 0.4) is 0 Å². The Hall–Kier alpha value is -0.910. The molecule has 5 nitrogen and oxygen atoms in total. The van der Waals surface area contributed by atoms with Crippen LogP contribution in [0.1, 0.15) is 24.8 Å². The van der Waals surface area contributed by atoms with Crippen molar-refractivity contribution in [3.05, 3.63) is 17.5 Å². The van der Waals surface area contributed by atoms with Gasteiger partial charge in [0.1, 0.15) is 0 Å². The van der Waals surface area contributed by atoms with Gasteiger partial charge in [-0.2, -0.15) is 0 Å². The van der Waals surface area contributed by atoms with Gasteiger partial charge in [-0.15, -0.1) is 0 Å². The molecule has 5 heteroatoms. The van der Waals surface area contributed by atoms with Gasteiger partial charge in [-0.1, -0.05) is 12.1 Å². The van der Waals surface area contributed by atoms with E-state index < -0.39 is 0 Å². The van der Waals surface area contributed by atoms with Crippen molar-refractivity contribution >= 4 is 0 Å². The molecule has 1 aromatic heterocycles. The van der Waals surface area contributed by atoms with Gasteiger partial charge in [0.15, 0.2) is 5.76 Å². The van der Waals surface area contributed by atoms with E-state index in [0.29, 0.717) is 5.92 Å². The molecule has 1 saturated heterocycles. The van der Waals surface area contributed by atoms with Crippen LogP contribution in [0.4, 0.5) is 0 Å². The lowest BCUT2D eigenvalue weighted by Gasteiger charge is -2.13. The lowest BCUT2D eigenvalue weighted by molar-refractivity contribution is 0.151. The van der Waals surface area contributed by atoms with E-state index in [2.05, 4.69) is 22.3 Å². The highest BCUT2D eigenvalue weighted by Crippen LogP contribution is 2.19. The number of aromatic nitrogens is 1. The number of ether oxygens (including phenoxy) is 1. The molecular formula is C13H23N3O2. The summed E-state index contributed by atoms with van der Waals surface area (Å²) in [6, 6.07) is 2.05. The molecule has 1 aliphatic heterocycles. The van der Waals surface area contributed by atoms with Crippen molar-refractivity contribution in [2.45, 2.75) is 26.4 Å². The normalized spacial score (nSPS) is 20.7. The Morgan fingerprint density at radius 2 is 2.50 bits per heavy atom. The van der Waals surface area contributed by atoms with Gasteiger partial charge in [0.25, 0.3) is 0 Å². The second-order valence-corrected chi connectivity index (χ2v) is 4.91. The van der Waals surface area contributed by atoms with Crippen molar-refractivity contribution in [2.24, 2.45) is 5.92 Å². The van der Waals surface area contributed by atoms with Crippen molar-refractivity contribution in [1.82, 2.24) is 15.4 Å². The summed E-state index contributed by atoms with van der Waals surface area (Å²) in [5.74, 6) is 1.63. The van der Waals surface area contributed by atoms with Gasteiger partial charge in [0, 0.05) is 26.3 Å². The molecule has 102 valence electrons. The van der Waals surface area contributed by atoms with E-state index in [0.717, 1.165) is 50.8 Å². The minimum Gasteiger partial charge on any atom is -0.384 e. The summed E-state index contributed by atoms with van der Waals surface area (Å²) in [6.45, 7) is 7.76. The Bertz CT molecular complexity index is 354. The molecule has 1 atom stereocenters. The largest absolute Gasteiger partial charge is 0.384 e. The third-order valence-corrected chi connectivity index (χ3v) is 3.32. The van der Waals surface area contributed by atoms with Crippen LogP contribution in [0.15, 0.2) is 10.6 Å². The Balaban J connectivity index is 1.77. The number of rotatable bonds is 7. The second kappa shape index (κ2) is 6.87. The average molecular weight is 253 g/mol. The van der Waals surface area contributed by atoms with Crippen molar-refractivity contribution in [3.63, 3.8) is 0 Å². The van der Waals surface area contributed by atoms with Crippen LogP contribution in [-0.2, 0) is 17.8 Å². The molecule has 1 N–H and O–H groups in total. The molecule has 2 rings (SSSR count). The number of hydrogen-bond acceptors (Lipinski definition) is 5. The maximum Gasteiger partial charge on any atom is 0.151 e. The highest BCUT2D eigenvalue weighted by molar-refractivity contribution is 5.05. The molecule has 18 heavy (non-hydrogen) atoms. The second-order valence-electron chi connectivity index (χ2n) is 4.91. The summed E-state index contributed by atoms with van der Waals surface area (Å²) in [4.78, 5) is 2.40. The lowest BCUT2D eigenvalue weighted by atomic mass is 10.1. The van der Waals surface area contributed by atoms with Gasteiger partial charge in [0.05, 0.1) is 18.8 Å². The van der Waals surface area contributed by atoms with Crippen molar-refractivity contribution in [3.8, 4) is 0 Å². The van der Waals surface area contributed by atoms with E-state index in [1.54, 1.807) is 7.11 Å². The van der Waals surface area contributed by atoms with Crippen LogP contribution in [0, 0.1) is 5.92 Å². The molecule has 1 unspecified atom stereocenters. The topological polar surface area (TPSA) is 50.5 Å². The summed E-state index contributed by atoms with van der Waals surface area (Å²) in [5.41, 5.74) is 0.986. The van der Waals surface area contributed by atoms with E-state index in [9.17, 15) is 0 Å². The van der Waals surface area contributed by atoms with Crippen LogP contribution in [0.25, 0.3) is 0 Å². The molecule has 2 heterocycles. The van der Waals surface area contributed by atoms with Crippen molar-refractivity contribution in [1.29, 1.82) is 0 Å². The van der Waals surface area contributed by atoms with Crippen molar-refractivity contribution < 1.29 is 9.26 Å². The highest BCUT2D eigenvalue weighted by atomic mass is 16.5. The Morgan fingerprint density at radius 1 is 1.61 bits per heavy atom. The minimum atomic E-state index is 0.666. The van der Waals surface area contributed by atoms with Crippen LogP contribution < -0.4 is 5.32 Å². The van der Waals surface area contributed by atoms with Crippen LogP contribution in [-0.4, -0.2) is 43.4 Å². The Labute approximate surface area is 108 Å². The fourth-order valence-corrected chi connectivity index (χ4v) is 2.42. The molecule has 0 radical (unpaired) electrons. The van der Waals surface area contributed by atoms with E-state index in [4.69, 9.17) is 9.26 Å². The van der Waals surface area contributed by atoms with Crippen LogP contribution in [0.2, 0.25) is 0 Å². The minimum absolute atomic E-state index is 0.666. The number of nitrogens with zero attached hydrogens (tertiary/aromatic N) is 2. The highest BCUT2D eigenvalue weighted by Gasteiger charge is 2.23. The number of nitrogens with one attached hydrogen (secondary N) is 1. The first-order valence-electron chi connectivity index (χ1n) is 6.68. The molecule has 0 bridgehead atoms.